The highest BCUT2D eigenvalue weighted by Crippen LogP contribution is 2.25. The first kappa shape index (κ1) is 18.6. The monoisotopic (exact) mass is 386 g/mol. The fourth-order valence-corrected chi connectivity index (χ4v) is 3.11. The Balaban J connectivity index is 2.02. The lowest BCUT2D eigenvalue weighted by molar-refractivity contribution is -0.115. The number of benzene rings is 2. The topological polar surface area (TPSA) is 75.3 Å². The summed E-state index contributed by atoms with van der Waals surface area (Å²) in [6.07, 6.45) is 0.0444. The van der Waals surface area contributed by atoms with E-state index >= 15 is 0 Å². The largest absolute Gasteiger partial charge is 0.326 e. The lowest BCUT2D eigenvalue weighted by atomic mass is 10.1. The van der Waals surface area contributed by atoms with Crippen molar-refractivity contribution in [2.75, 3.05) is 15.8 Å². The Kier molecular flexibility index (Phi) is 6.10. The van der Waals surface area contributed by atoms with Crippen molar-refractivity contribution in [3.8, 4) is 0 Å². The zero-order valence-electron chi connectivity index (χ0n) is 12.8. The summed E-state index contributed by atoms with van der Waals surface area (Å²) in [6, 6.07) is 11.4. The van der Waals surface area contributed by atoms with Crippen LogP contribution in [-0.2, 0) is 21.2 Å². The Hall–Kier alpha value is -1.76. The summed E-state index contributed by atoms with van der Waals surface area (Å²) in [5, 5.41) is 3.58. The molecule has 0 radical (unpaired) electrons. The van der Waals surface area contributed by atoms with Crippen LogP contribution in [0.1, 0.15) is 12.5 Å². The SMILES string of the molecule is CCS(=O)(=O)Nc1ccc(NC(=O)Cc2c(Cl)cccc2Cl)cc1. The smallest absolute Gasteiger partial charge is 0.232 e. The summed E-state index contributed by atoms with van der Waals surface area (Å²) < 4.78 is 25.4. The van der Waals surface area contributed by atoms with Crippen molar-refractivity contribution in [1.29, 1.82) is 0 Å². The van der Waals surface area contributed by atoms with E-state index in [-0.39, 0.29) is 18.1 Å². The maximum absolute atomic E-state index is 12.1. The van der Waals surface area contributed by atoms with Gasteiger partial charge in [-0.1, -0.05) is 29.3 Å². The van der Waals surface area contributed by atoms with Gasteiger partial charge in [0.2, 0.25) is 15.9 Å². The third kappa shape index (κ3) is 5.12. The Labute approximate surface area is 151 Å². The predicted octanol–water partition coefficient (Wildman–Crippen LogP) is 3.94. The highest BCUT2D eigenvalue weighted by atomic mass is 35.5. The fourth-order valence-electron chi connectivity index (χ4n) is 1.94. The van der Waals surface area contributed by atoms with E-state index in [1.807, 2.05) is 0 Å². The van der Waals surface area contributed by atoms with Crippen LogP contribution in [0.3, 0.4) is 0 Å². The van der Waals surface area contributed by atoms with E-state index in [0.29, 0.717) is 27.0 Å². The van der Waals surface area contributed by atoms with Crippen molar-refractivity contribution < 1.29 is 13.2 Å². The molecule has 24 heavy (non-hydrogen) atoms. The number of hydrogen-bond donors (Lipinski definition) is 2. The Morgan fingerprint density at radius 2 is 1.54 bits per heavy atom. The fraction of sp³-hybridized carbons (Fsp3) is 0.188. The Morgan fingerprint density at radius 1 is 1.00 bits per heavy atom. The number of carbonyl (C=O) groups excluding carboxylic acids is 1. The number of sulfonamides is 1. The van der Waals surface area contributed by atoms with Gasteiger partial charge in [0.15, 0.2) is 0 Å². The zero-order chi connectivity index (χ0) is 17.7. The van der Waals surface area contributed by atoms with Crippen molar-refractivity contribution in [3.05, 3.63) is 58.1 Å². The molecule has 0 aliphatic rings. The lowest BCUT2D eigenvalue weighted by Gasteiger charge is -2.10. The Morgan fingerprint density at radius 3 is 2.08 bits per heavy atom. The maximum Gasteiger partial charge on any atom is 0.232 e. The minimum Gasteiger partial charge on any atom is -0.326 e. The molecule has 0 aliphatic heterocycles. The number of carbonyl (C=O) groups is 1. The number of nitrogens with one attached hydrogen (secondary N) is 2. The average Bonchev–Trinajstić information content (AvgIpc) is 2.53. The number of hydrogen-bond acceptors (Lipinski definition) is 3. The molecule has 8 heteroatoms. The third-order valence-electron chi connectivity index (χ3n) is 3.22. The van der Waals surface area contributed by atoms with E-state index in [2.05, 4.69) is 10.0 Å². The van der Waals surface area contributed by atoms with E-state index in [0.717, 1.165) is 0 Å². The van der Waals surface area contributed by atoms with E-state index in [9.17, 15) is 13.2 Å². The molecular formula is C16H16Cl2N2O3S. The normalized spacial score (nSPS) is 11.1. The van der Waals surface area contributed by atoms with Gasteiger partial charge in [-0.2, -0.15) is 0 Å². The van der Waals surface area contributed by atoms with Gasteiger partial charge in [-0.3, -0.25) is 9.52 Å². The van der Waals surface area contributed by atoms with Crippen molar-refractivity contribution >= 4 is 50.5 Å². The molecule has 0 atom stereocenters. The summed E-state index contributed by atoms with van der Waals surface area (Å²) in [7, 11) is -3.33. The van der Waals surface area contributed by atoms with Crippen LogP contribution in [0.2, 0.25) is 10.0 Å². The summed E-state index contributed by atoms with van der Waals surface area (Å²) in [5.74, 6) is -0.281. The molecule has 5 nitrogen and oxygen atoms in total. The molecule has 0 unspecified atom stereocenters. The Bertz CT molecular complexity index is 817. The van der Waals surface area contributed by atoms with Gasteiger partial charge in [0.05, 0.1) is 12.2 Å². The van der Waals surface area contributed by atoms with Crippen LogP contribution < -0.4 is 10.0 Å². The predicted molar refractivity (Wildman–Crippen MR) is 98.3 cm³/mol. The molecule has 0 heterocycles. The highest BCUT2D eigenvalue weighted by molar-refractivity contribution is 7.92. The van der Waals surface area contributed by atoms with Crippen LogP contribution in [0.4, 0.5) is 11.4 Å². The first-order chi connectivity index (χ1) is 11.3. The van der Waals surface area contributed by atoms with Gasteiger partial charge in [-0.25, -0.2) is 8.42 Å². The van der Waals surface area contributed by atoms with Gasteiger partial charge < -0.3 is 5.32 Å². The molecule has 2 rings (SSSR count). The third-order valence-corrected chi connectivity index (χ3v) is 5.24. The van der Waals surface area contributed by atoms with Crippen LogP contribution in [0.5, 0.6) is 0 Å². The molecule has 0 spiro atoms. The molecule has 2 aromatic carbocycles. The molecular weight excluding hydrogens is 371 g/mol. The summed E-state index contributed by atoms with van der Waals surface area (Å²) >= 11 is 12.1. The van der Waals surface area contributed by atoms with Gasteiger partial charge in [0, 0.05) is 21.4 Å². The molecule has 0 saturated heterocycles. The molecule has 0 saturated carbocycles. The first-order valence-electron chi connectivity index (χ1n) is 7.14. The van der Waals surface area contributed by atoms with Gasteiger partial charge in [-0.15, -0.1) is 0 Å². The average molecular weight is 387 g/mol. The van der Waals surface area contributed by atoms with Crippen LogP contribution in [0.25, 0.3) is 0 Å². The van der Waals surface area contributed by atoms with E-state index in [4.69, 9.17) is 23.2 Å². The number of halogens is 2. The molecule has 1 amide bonds. The lowest BCUT2D eigenvalue weighted by Crippen LogP contribution is -2.16. The molecule has 0 fully saturated rings. The van der Waals surface area contributed by atoms with E-state index in [1.165, 1.54) is 0 Å². The second-order valence-electron chi connectivity index (χ2n) is 5.01. The minimum absolute atomic E-state index is 0.00984. The molecule has 2 aromatic rings. The molecule has 0 bridgehead atoms. The van der Waals surface area contributed by atoms with Gasteiger partial charge in [0.25, 0.3) is 0 Å². The van der Waals surface area contributed by atoms with Crippen molar-refractivity contribution in [3.63, 3.8) is 0 Å². The first-order valence-corrected chi connectivity index (χ1v) is 9.55. The second-order valence-corrected chi connectivity index (χ2v) is 7.83. The summed E-state index contributed by atoms with van der Waals surface area (Å²) in [5.41, 5.74) is 1.54. The van der Waals surface area contributed by atoms with Gasteiger partial charge in [0.1, 0.15) is 0 Å². The quantitative estimate of drug-likeness (QED) is 0.789. The molecule has 0 aromatic heterocycles. The number of amides is 1. The highest BCUT2D eigenvalue weighted by Gasteiger charge is 2.11. The molecule has 128 valence electrons. The second kappa shape index (κ2) is 7.88. The van der Waals surface area contributed by atoms with Crippen molar-refractivity contribution in [2.24, 2.45) is 0 Å². The van der Waals surface area contributed by atoms with Crippen molar-refractivity contribution in [2.45, 2.75) is 13.3 Å². The van der Waals surface area contributed by atoms with Crippen LogP contribution in [0, 0.1) is 0 Å². The maximum atomic E-state index is 12.1. The van der Waals surface area contributed by atoms with Crippen LogP contribution in [-0.4, -0.2) is 20.1 Å². The number of anilines is 2. The molecule has 0 aliphatic carbocycles. The number of rotatable bonds is 6. The van der Waals surface area contributed by atoms with Crippen LogP contribution >= 0.6 is 23.2 Å². The van der Waals surface area contributed by atoms with E-state index < -0.39 is 10.0 Å². The van der Waals surface area contributed by atoms with Gasteiger partial charge >= 0.3 is 0 Å². The standard InChI is InChI=1S/C16H16Cl2N2O3S/c1-2-24(22,23)20-12-8-6-11(7-9-12)19-16(21)10-13-14(17)4-3-5-15(13)18/h3-9,20H,2,10H2,1H3,(H,19,21). The summed E-state index contributed by atoms with van der Waals surface area (Å²) in [4.78, 5) is 12.1. The van der Waals surface area contributed by atoms with E-state index in [1.54, 1.807) is 49.4 Å². The minimum atomic E-state index is -3.33. The van der Waals surface area contributed by atoms with Crippen LogP contribution in [0.15, 0.2) is 42.5 Å². The van der Waals surface area contributed by atoms with Gasteiger partial charge in [-0.05, 0) is 48.9 Å². The summed E-state index contributed by atoms with van der Waals surface area (Å²) in [6.45, 7) is 1.55. The zero-order valence-corrected chi connectivity index (χ0v) is 15.2. The van der Waals surface area contributed by atoms with Crippen molar-refractivity contribution in [1.82, 2.24) is 0 Å². The molecule has 2 N–H and O–H groups in total.